The molecule has 1 aromatic rings. The molecule has 4 nitrogen and oxygen atoms in total. The molecule has 102 valence electrons. The van der Waals surface area contributed by atoms with E-state index in [1.165, 1.54) is 0 Å². The lowest BCUT2D eigenvalue weighted by molar-refractivity contribution is 0.346. The SMILES string of the molecule is CC(C)S(=O)(=O)CCN(C)Cc1cccc(N)c1. The van der Waals surface area contributed by atoms with Crippen molar-refractivity contribution in [1.82, 2.24) is 4.90 Å². The predicted octanol–water partition coefficient (Wildman–Crippen LogP) is 1.52. The Morgan fingerprint density at radius 3 is 2.56 bits per heavy atom. The maximum absolute atomic E-state index is 11.7. The van der Waals surface area contributed by atoms with Gasteiger partial charge >= 0.3 is 0 Å². The fourth-order valence-electron chi connectivity index (χ4n) is 1.60. The van der Waals surface area contributed by atoms with Crippen LogP contribution in [-0.2, 0) is 16.4 Å². The molecule has 1 rings (SSSR count). The van der Waals surface area contributed by atoms with Crippen LogP contribution in [0.25, 0.3) is 0 Å². The summed E-state index contributed by atoms with van der Waals surface area (Å²) in [5.41, 5.74) is 7.53. The number of sulfone groups is 1. The molecule has 18 heavy (non-hydrogen) atoms. The monoisotopic (exact) mass is 270 g/mol. The van der Waals surface area contributed by atoms with Gasteiger partial charge in [-0.1, -0.05) is 12.1 Å². The van der Waals surface area contributed by atoms with E-state index in [9.17, 15) is 8.42 Å². The number of nitrogens with two attached hydrogens (primary N) is 1. The number of benzene rings is 1. The molecule has 0 radical (unpaired) electrons. The van der Waals surface area contributed by atoms with Crippen molar-refractivity contribution < 1.29 is 8.42 Å². The topological polar surface area (TPSA) is 63.4 Å². The Balaban J connectivity index is 2.50. The van der Waals surface area contributed by atoms with Crippen LogP contribution >= 0.6 is 0 Å². The number of anilines is 1. The summed E-state index contributed by atoms with van der Waals surface area (Å²) in [7, 11) is -1.04. The Hall–Kier alpha value is -1.07. The lowest BCUT2D eigenvalue weighted by Crippen LogP contribution is -2.28. The van der Waals surface area contributed by atoms with Crippen molar-refractivity contribution in [2.45, 2.75) is 25.6 Å². The lowest BCUT2D eigenvalue weighted by atomic mass is 10.2. The first-order valence-electron chi connectivity index (χ1n) is 6.06. The summed E-state index contributed by atoms with van der Waals surface area (Å²) in [6, 6.07) is 7.65. The fourth-order valence-corrected chi connectivity index (χ4v) is 2.64. The first kappa shape index (κ1) is 15.0. The van der Waals surface area contributed by atoms with Crippen LogP contribution in [0.5, 0.6) is 0 Å². The van der Waals surface area contributed by atoms with E-state index in [0.717, 1.165) is 11.3 Å². The Morgan fingerprint density at radius 1 is 1.33 bits per heavy atom. The summed E-state index contributed by atoms with van der Waals surface area (Å²) in [5, 5.41) is -0.307. The molecule has 1 aromatic carbocycles. The van der Waals surface area contributed by atoms with Crippen LogP contribution in [0.2, 0.25) is 0 Å². The van der Waals surface area contributed by atoms with Crippen molar-refractivity contribution in [3.63, 3.8) is 0 Å². The molecular formula is C13H22N2O2S. The molecule has 0 amide bonds. The smallest absolute Gasteiger partial charge is 0.153 e. The van der Waals surface area contributed by atoms with Crippen LogP contribution in [0.3, 0.4) is 0 Å². The second-order valence-corrected chi connectivity index (χ2v) is 7.58. The van der Waals surface area contributed by atoms with Gasteiger partial charge in [-0.25, -0.2) is 8.42 Å². The van der Waals surface area contributed by atoms with Gasteiger partial charge in [0.25, 0.3) is 0 Å². The van der Waals surface area contributed by atoms with Crippen molar-refractivity contribution in [3.8, 4) is 0 Å². The van der Waals surface area contributed by atoms with Crippen LogP contribution < -0.4 is 5.73 Å². The van der Waals surface area contributed by atoms with E-state index < -0.39 is 9.84 Å². The molecule has 5 heteroatoms. The van der Waals surface area contributed by atoms with E-state index in [0.29, 0.717) is 13.1 Å². The minimum Gasteiger partial charge on any atom is -0.399 e. The van der Waals surface area contributed by atoms with Crippen LogP contribution in [0.1, 0.15) is 19.4 Å². The Bertz CT molecular complexity index is 484. The zero-order valence-corrected chi connectivity index (χ0v) is 12.1. The highest BCUT2D eigenvalue weighted by molar-refractivity contribution is 7.92. The molecule has 0 unspecified atom stereocenters. The second kappa shape index (κ2) is 6.20. The number of hydrogen-bond acceptors (Lipinski definition) is 4. The molecule has 0 aliphatic carbocycles. The maximum Gasteiger partial charge on any atom is 0.153 e. The quantitative estimate of drug-likeness (QED) is 0.796. The molecule has 0 atom stereocenters. The van der Waals surface area contributed by atoms with E-state index in [1.807, 2.05) is 36.2 Å². The van der Waals surface area contributed by atoms with Gasteiger partial charge in [0.1, 0.15) is 0 Å². The molecule has 2 N–H and O–H groups in total. The van der Waals surface area contributed by atoms with Gasteiger partial charge in [-0.3, -0.25) is 0 Å². The van der Waals surface area contributed by atoms with E-state index >= 15 is 0 Å². The summed E-state index contributed by atoms with van der Waals surface area (Å²) in [6.07, 6.45) is 0. The van der Waals surface area contributed by atoms with Crippen molar-refractivity contribution in [2.24, 2.45) is 0 Å². The Kier molecular flexibility index (Phi) is 5.16. The van der Waals surface area contributed by atoms with Crippen LogP contribution in [0.4, 0.5) is 5.69 Å². The molecule has 0 bridgehead atoms. The van der Waals surface area contributed by atoms with Gasteiger partial charge in [-0.05, 0) is 38.6 Å². The maximum atomic E-state index is 11.7. The number of hydrogen-bond donors (Lipinski definition) is 1. The second-order valence-electron chi connectivity index (χ2n) is 4.90. The van der Waals surface area contributed by atoms with Gasteiger partial charge in [0, 0.05) is 18.8 Å². The standard InChI is InChI=1S/C13H22N2O2S/c1-11(2)18(16,17)8-7-15(3)10-12-5-4-6-13(14)9-12/h4-6,9,11H,7-8,10,14H2,1-3H3. The third kappa shape index (κ3) is 4.66. The van der Waals surface area contributed by atoms with E-state index in [4.69, 9.17) is 5.73 Å². The predicted molar refractivity (Wildman–Crippen MR) is 76.1 cm³/mol. The largest absolute Gasteiger partial charge is 0.399 e. The summed E-state index contributed by atoms with van der Waals surface area (Å²) in [5.74, 6) is 0.198. The van der Waals surface area contributed by atoms with Gasteiger partial charge < -0.3 is 10.6 Å². The fraction of sp³-hybridized carbons (Fsp3) is 0.538. The summed E-state index contributed by atoms with van der Waals surface area (Å²) in [6.45, 7) is 4.68. The normalized spacial score (nSPS) is 12.3. The third-order valence-electron chi connectivity index (χ3n) is 2.88. The summed E-state index contributed by atoms with van der Waals surface area (Å²) >= 11 is 0. The van der Waals surface area contributed by atoms with Crippen LogP contribution in [0.15, 0.2) is 24.3 Å². The summed E-state index contributed by atoms with van der Waals surface area (Å²) in [4.78, 5) is 1.99. The van der Waals surface area contributed by atoms with Gasteiger partial charge in [0.05, 0.1) is 11.0 Å². The van der Waals surface area contributed by atoms with Crippen molar-refractivity contribution in [1.29, 1.82) is 0 Å². The number of rotatable bonds is 6. The van der Waals surface area contributed by atoms with Crippen molar-refractivity contribution >= 4 is 15.5 Å². The molecule has 0 heterocycles. The zero-order chi connectivity index (χ0) is 13.8. The third-order valence-corrected chi connectivity index (χ3v) is 5.07. The zero-order valence-electron chi connectivity index (χ0n) is 11.3. The minimum atomic E-state index is -2.96. The van der Waals surface area contributed by atoms with Gasteiger partial charge in [-0.15, -0.1) is 0 Å². The minimum absolute atomic E-state index is 0.198. The average molecular weight is 270 g/mol. The Morgan fingerprint density at radius 2 is 2.00 bits per heavy atom. The molecular weight excluding hydrogens is 248 g/mol. The highest BCUT2D eigenvalue weighted by Gasteiger charge is 2.16. The van der Waals surface area contributed by atoms with E-state index in [2.05, 4.69) is 0 Å². The molecule has 0 saturated carbocycles. The number of nitrogens with zero attached hydrogens (tertiary/aromatic N) is 1. The first-order valence-corrected chi connectivity index (χ1v) is 7.77. The first-order chi connectivity index (χ1) is 8.31. The highest BCUT2D eigenvalue weighted by atomic mass is 32.2. The van der Waals surface area contributed by atoms with Gasteiger partial charge in [-0.2, -0.15) is 0 Å². The van der Waals surface area contributed by atoms with Gasteiger partial charge in [0.2, 0.25) is 0 Å². The summed E-state index contributed by atoms with van der Waals surface area (Å²) < 4.78 is 23.4. The van der Waals surface area contributed by atoms with Crippen molar-refractivity contribution in [3.05, 3.63) is 29.8 Å². The Labute approximate surface area is 110 Å². The molecule has 0 aliphatic rings. The van der Waals surface area contributed by atoms with E-state index in [-0.39, 0.29) is 11.0 Å². The molecule has 0 aliphatic heterocycles. The average Bonchev–Trinajstić information content (AvgIpc) is 2.26. The highest BCUT2D eigenvalue weighted by Crippen LogP contribution is 2.09. The molecule has 0 aromatic heterocycles. The number of nitrogen functional groups attached to an aromatic ring is 1. The van der Waals surface area contributed by atoms with Crippen LogP contribution in [-0.4, -0.2) is 37.9 Å². The molecule has 0 spiro atoms. The van der Waals surface area contributed by atoms with Crippen LogP contribution in [0, 0.1) is 0 Å². The molecule has 0 saturated heterocycles. The molecule has 0 fully saturated rings. The lowest BCUT2D eigenvalue weighted by Gasteiger charge is -2.17. The van der Waals surface area contributed by atoms with E-state index in [1.54, 1.807) is 13.8 Å². The van der Waals surface area contributed by atoms with Crippen molar-refractivity contribution in [2.75, 3.05) is 25.1 Å². The van der Waals surface area contributed by atoms with Gasteiger partial charge in [0.15, 0.2) is 9.84 Å².